The molecule has 43 heavy (non-hydrogen) atoms. The first kappa shape index (κ1) is 28.7. The number of carbonyl (C=O) groups excluding carboxylic acids is 2. The Labute approximate surface area is 249 Å². The number of rotatable bonds is 6. The number of nitrogens with one attached hydrogen (secondary N) is 1. The fourth-order valence-electron chi connectivity index (χ4n) is 5.48. The van der Waals surface area contributed by atoms with Crippen LogP contribution in [0, 0.1) is 23.0 Å². The molecule has 2 aliphatic heterocycles. The van der Waals surface area contributed by atoms with Gasteiger partial charge in [0, 0.05) is 28.5 Å². The van der Waals surface area contributed by atoms with E-state index in [1.807, 2.05) is 31.2 Å². The highest BCUT2D eigenvalue weighted by Gasteiger charge is 2.58. The van der Waals surface area contributed by atoms with E-state index < -0.39 is 56.1 Å². The third kappa shape index (κ3) is 5.10. The van der Waals surface area contributed by atoms with Crippen LogP contribution >= 0.6 is 23.1 Å². The first-order chi connectivity index (χ1) is 20.4. The molecule has 2 aliphatic rings. The Kier molecular flexibility index (Phi) is 7.13. The number of nitro benzene ring substituents is 1. The fourth-order valence-corrected chi connectivity index (χ4v) is 7.99. The Morgan fingerprint density at radius 2 is 1.79 bits per heavy atom. The van der Waals surface area contributed by atoms with Gasteiger partial charge < -0.3 is 9.72 Å². The van der Waals surface area contributed by atoms with Gasteiger partial charge in [0.05, 0.1) is 27.1 Å². The number of hydrogen-bond donors (Lipinski definition) is 1. The van der Waals surface area contributed by atoms with E-state index in [1.54, 1.807) is 0 Å². The van der Waals surface area contributed by atoms with Crippen molar-refractivity contribution in [3.63, 3.8) is 0 Å². The fraction of sp³-hybridized carbons (Fsp3) is 0.207. The molecule has 0 bridgehead atoms. The average Bonchev–Trinajstić information content (AvgIpc) is 3.45. The lowest BCUT2D eigenvalue weighted by Gasteiger charge is -2.30. The van der Waals surface area contributed by atoms with Crippen molar-refractivity contribution in [3.8, 4) is 5.75 Å². The molecule has 4 aromatic rings. The number of fused-ring (bicyclic) bond motifs is 2. The van der Waals surface area contributed by atoms with E-state index in [0.717, 1.165) is 52.4 Å². The van der Waals surface area contributed by atoms with Crippen LogP contribution in [0.2, 0.25) is 0 Å². The van der Waals surface area contributed by atoms with E-state index in [4.69, 9.17) is 4.74 Å². The number of anilines is 1. The molecule has 3 unspecified atom stereocenters. The second-order valence-electron chi connectivity index (χ2n) is 10.0. The first-order valence-electron chi connectivity index (χ1n) is 12.8. The van der Waals surface area contributed by atoms with Gasteiger partial charge in [-0.15, -0.1) is 0 Å². The number of alkyl halides is 3. The van der Waals surface area contributed by atoms with Crippen LogP contribution in [0.4, 0.5) is 24.5 Å². The van der Waals surface area contributed by atoms with Crippen LogP contribution in [0.5, 0.6) is 5.75 Å². The minimum Gasteiger partial charge on any atom is -0.489 e. The number of H-pyrrole nitrogens is 1. The number of amides is 2. The number of para-hydroxylation sites is 1. The Bertz CT molecular complexity index is 1850. The normalized spacial score (nSPS) is 19.7. The van der Waals surface area contributed by atoms with Crippen LogP contribution in [-0.2, 0) is 22.4 Å². The summed E-state index contributed by atoms with van der Waals surface area (Å²) in [5.74, 6) is -4.00. The molecule has 1 saturated heterocycles. The van der Waals surface area contributed by atoms with Crippen molar-refractivity contribution in [1.82, 2.24) is 4.98 Å². The molecule has 3 aromatic carbocycles. The molecule has 3 atom stereocenters. The number of aryl methyl sites for hydroxylation is 1. The molecule has 0 saturated carbocycles. The number of ether oxygens (including phenoxy) is 1. The lowest BCUT2D eigenvalue weighted by atomic mass is 9.82. The van der Waals surface area contributed by atoms with Crippen LogP contribution < -0.4 is 14.5 Å². The predicted molar refractivity (Wildman–Crippen MR) is 152 cm³/mol. The summed E-state index contributed by atoms with van der Waals surface area (Å²) in [5, 5.41) is 10.9. The van der Waals surface area contributed by atoms with E-state index >= 15 is 0 Å². The first-order valence-corrected chi connectivity index (χ1v) is 14.5. The van der Waals surface area contributed by atoms with Crippen LogP contribution in [0.3, 0.4) is 0 Å². The highest BCUT2D eigenvalue weighted by molar-refractivity contribution is 8.00. The monoisotopic (exact) mass is 627 g/mol. The Morgan fingerprint density at radius 3 is 2.51 bits per heavy atom. The quantitative estimate of drug-likeness (QED) is 0.157. The van der Waals surface area contributed by atoms with E-state index in [0.29, 0.717) is 9.78 Å². The summed E-state index contributed by atoms with van der Waals surface area (Å²) >= 11 is 1.66. The van der Waals surface area contributed by atoms with Crippen LogP contribution in [0.1, 0.15) is 33.0 Å². The average molecular weight is 628 g/mol. The summed E-state index contributed by atoms with van der Waals surface area (Å²) < 4.78 is 47.9. The minimum absolute atomic E-state index is 0.0657. The lowest BCUT2D eigenvalue weighted by Crippen LogP contribution is -2.33. The Hall–Kier alpha value is -4.43. The lowest BCUT2D eigenvalue weighted by molar-refractivity contribution is -0.385. The van der Waals surface area contributed by atoms with Gasteiger partial charge in [-0.2, -0.15) is 13.2 Å². The van der Waals surface area contributed by atoms with Crippen molar-refractivity contribution in [2.75, 3.05) is 4.90 Å². The summed E-state index contributed by atoms with van der Waals surface area (Å²) in [4.78, 5) is 54.4. The van der Waals surface area contributed by atoms with Gasteiger partial charge in [-0.05, 0) is 30.7 Å². The molecule has 0 spiro atoms. The van der Waals surface area contributed by atoms with E-state index in [2.05, 4.69) is 4.98 Å². The Balaban J connectivity index is 1.50. The van der Waals surface area contributed by atoms with Crippen molar-refractivity contribution in [1.29, 1.82) is 0 Å². The van der Waals surface area contributed by atoms with Gasteiger partial charge in [0.2, 0.25) is 11.8 Å². The summed E-state index contributed by atoms with van der Waals surface area (Å²) in [6.45, 7) is 1.97. The number of carbonyl (C=O) groups is 2. The molecule has 1 N–H and O–H groups in total. The number of benzene rings is 3. The molecular weight excluding hydrogens is 607 g/mol. The number of hydrogen-bond acceptors (Lipinski definition) is 8. The topological polar surface area (TPSA) is 123 Å². The van der Waals surface area contributed by atoms with Crippen LogP contribution in [0.15, 0.2) is 76.6 Å². The summed E-state index contributed by atoms with van der Waals surface area (Å²) in [5.41, 5.74) is -0.138. The van der Waals surface area contributed by atoms with Gasteiger partial charge in [0.1, 0.15) is 17.6 Å². The van der Waals surface area contributed by atoms with Crippen molar-refractivity contribution < 1.29 is 32.4 Å². The Morgan fingerprint density at radius 1 is 1.02 bits per heavy atom. The van der Waals surface area contributed by atoms with Crippen molar-refractivity contribution >= 4 is 46.3 Å². The third-order valence-electron chi connectivity index (χ3n) is 7.29. The molecule has 0 aliphatic carbocycles. The molecular formula is C29H20F3N3O6S2. The predicted octanol–water partition coefficient (Wildman–Crippen LogP) is 6.05. The van der Waals surface area contributed by atoms with Crippen LogP contribution in [-0.4, -0.2) is 27.0 Å². The summed E-state index contributed by atoms with van der Waals surface area (Å²) in [6.07, 6.45) is -4.85. The second-order valence-corrected chi connectivity index (χ2v) is 12.2. The molecule has 0 radical (unpaired) electrons. The zero-order valence-corrected chi connectivity index (χ0v) is 23.7. The van der Waals surface area contributed by atoms with Crippen molar-refractivity contribution in [2.24, 2.45) is 5.92 Å². The highest BCUT2D eigenvalue weighted by atomic mass is 32.2. The SMILES string of the molecule is Cc1cccc(COc2ccc([N+](=O)[O-])cc2C2c3sc(=O)[nH]c3SC3C(=O)N(c4ccccc4C(F)(F)F)C(=O)C32)c1. The van der Waals surface area contributed by atoms with Gasteiger partial charge >= 0.3 is 11.0 Å². The maximum atomic E-state index is 14.0. The molecule has 14 heteroatoms. The number of non-ortho nitro benzene ring substituents is 1. The molecule has 9 nitrogen and oxygen atoms in total. The maximum absolute atomic E-state index is 14.0. The van der Waals surface area contributed by atoms with E-state index in [9.17, 15) is 37.7 Å². The number of imide groups is 1. The molecule has 1 fully saturated rings. The largest absolute Gasteiger partial charge is 0.489 e. The number of nitrogens with zero attached hydrogens (tertiary/aromatic N) is 2. The highest BCUT2D eigenvalue weighted by Crippen LogP contribution is 2.55. The number of aromatic nitrogens is 1. The minimum atomic E-state index is -4.85. The molecule has 2 amide bonds. The smallest absolute Gasteiger partial charge is 0.418 e. The number of halogens is 3. The van der Waals surface area contributed by atoms with E-state index in [-0.39, 0.29) is 28.6 Å². The van der Waals surface area contributed by atoms with Crippen molar-refractivity contribution in [2.45, 2.75) is 35.9 Å². The molecule has 6 rings (SSSR count). The molecule has 220 valence electrons. The molecule has 1 aromatic heterocycles. The second kappa shape index (κ2) is 10.7. The van der Waals surface area contributed by atoms with Crippen molar-refractivity contribution in [3.05, 3.63) is 114 Å². The standard InChI is InChI=1S/C29H20F3N3O6S2/c1-14-5-4-6-15(11-14)13-41-20-10-9-16(35(39)40)12-17(20)21-22-24(42-25-23(21)43-28(38)33-25)27(37)34(26(22)36)19-8-3-2-7-18(19)29(30,31)32/h2-12,21-22,24H,13H2,1H3,(H,33,38). The number of thiazole rings is 1. The van der Waals surface area contributed by atoms with Gasteiger partial charge in [-0.25, -0.2) is 4.90 Å². The zero-order chi connectivity index (χ0) is 30.6. The van der Waals surface area contributed by atoms with Crippen LogP contribution in [0.25, 0.3) is 0 Å². The van der Waals surface area contributed by atoms with Gasteiger partial charge in [0.15, 0.2) is 0 Å². The number of nitro groups is 1. The number of thioether (sulfide) groups is 1. The zero-order valence-electron chi connectivity index (χ0n) is 22.1. The van der Waals surface area contributed by atoms with Gasteiger partial charge in [-0.1, -0.05) is 65.1 Å². The molecule has 3 heterocycles. The van der Waals surface area contributed by atoms with Gasteiger partial charge in [-0.3, -0.25) is 24.5 Å². The van der Waals surface area contributed by atoms with E-state index in [1.165, 1.54) is 24.3 Å². The summed E-state index contributed by atoms with van der Waals surface area (Å²) in [6, 6.07) is 15.6. The third-order valence-corrected chi connectivity index (χ3v) is 9.69. The maximum Gasteiger partial charge on any atom is 0.418 e. The van der Waals surface area contributed by atoms with Gasteiger partial charge in [0.25, 0.3) is 5.69 Å². The number of aromatic amines is 1. The summed E-state index contributed by atoms with van der Waals surface area (Å²) in [7, 11) is 0.